The van der Waals surface area contributed by atoms with Gasteiger partial charge in [0.1, 0.15) is 0 Å². The Morgan fingerprint density at radius 3 is 1.52 bits per heavy atom. The van der Waals surface area contributed by atoms with Gasteiger partial charge in [0.05, 0.1) is 27.3 Å². The number of hydrogen-bond donors (Lipinski definition) is 1. The highest BCUT2D eigenvalue weighted by Gasteiger charge is 2.63. The minimum Gasteiger partial charge on any atom is -0.326 e. The molecule has 0 fully saturated rings. The molecule has 23 heavy (non-hydrogen) atoms. The molecule has 1 aromatic rings. The number of carbonyl (C=O) groups is 2. The minimum absolute atomic E-state index is 0.173. The Balaban J connectivity index is 2.78. The molecule has 0 radical (unpaired) electrons. The first-order valence-electron chi connectivity index (χ1n) is 8.11. The number of fused-ring (bicyclic) bond motifs is 1. The van der Waals surface area contributed by atoms with Crippen molar-refractivity contribution in [1.29, 1.82) is 0 Å². The fourth-order valence-electron chi connectivity index (χ4n) is 4.88. The van der Waals surface area contributed by atoms with E-state index in [1.165, 1.54) is 0 Å². The van der Waals surface area contributed by atoms with Crippen molar-refractivity contribution in [2.75, 3.05) is 0 Å². The quantitative estimate of drug-likeness (QED) is 0.671. The van der Waals surface area contributed by atoms with E-state index in [2.05, 4.69) is 39.3 Å². The van der Waals surface area contributed by atoms with Gasteiger partial charge in [-0.15, -0.1) is 0 Å². The van der Waals surface area contributed by atoms with E-state index in [0.29, 0.717) is 11.1 Å². The van der Waals surface area contributed by atoms with Crippen molar-refractivity contribution in [2.24, 2.45) is 5.73 Å². The second kappa shape index (κ2) is 5.39. The summed E-state index contributed by atoms with van der Waals surface area (Å²) in [6, 6.07) is 6.86. The van der Waals surface area contributed by atoms with E-state index >= 15 is 0 Å². The summed E-state index contributed by atoms with van der Waals surface area (Å²) < 4.78 is 0. The summed E-state index contributed by atoms with van der Waals surface area (Å²) in [5.74, 6) is -0.347. The molecule has 2 rings (SSSR count). The largest absolute Gasteiger partial charge is 0.326 e. The Bertz CT molecular complexity index is 608. The van der Waals surface area contributed by atoms with E-state index in [9.17, 15) is 9.59 Å². The zero-order chi connectivity index (χ0) is 17.8. The predicted octanol–water partition coefficient (Wildman–Crippen LogP) is 3.12. The molecule has 1 atom stereocenters. The number of imide groups is 1. The summed E-state index contributed by atoms with van der Waals surface area (Å²) in [7, 11) is -4.00. The summed E-state index contributed by atoms with van der Waals surface area (Å²) in [6.07, 6.45) is 0. The Morgan fingerprint density at radius 1 is 0.913 bits per heavy atom. The van der Waals surface area contributed by atoms with E-state index < -0.39 is 20.9 Å². The Hall–Kier alpha value is -1.25. The normalized spacial score (nSPS) is 17.5. The maximum absolute atomic E-state index is 13.1. The van der Waals surface area contributed by atoms with E-state index in [-0.39, 0.29) is 17.9 Å². The highest BCUT2D eigenvalue weighted by Crippen LogP contribution is 2.43. The van der Waals surface area contributed by atoms with Crippen LogP contribution < -0.4 is 5.73 Å². The van der Waals surface area contributed by atoms with Gasteiger partial charge in [0, 0.05) is 10.8 Å². The van der Waals surface area contributed by atoms with Gasteiger partial charge in [-0.25, -0.2) is 0 Å². The van der Waals surface area contributed by atoms with Crippen LogP contribution in [-0.2, 0) is 0 Å². The van der Waals surface area contributed by atoms with Gasteiger partial charge in [0.15, 0.2) is 0 Å². The zero-order valence-electron chi connectivity index (χ0n) is 15.2. The summed E-state index contributed by atoms with van der Waals surface area (Å²) in [6.45, 7) is 15.3. The number of benzene rings is 1. The summed E-state index contributed by atoms with van der Waals surface area (Å²) in [5.41, 5.74) is 7.53. The fraction of sp³-hybridized carbons (Fsp3) is 0.529. The molecule has 0 aromatic heterocycles. The molecule has 1 aliphatic rings. The lowest BCUT2D eigenvalue weighted by molar-refractivity contribution is 0.0572. The van der Waals surface area contributed by atoms with Crippen LogP contribution in [0.15, 0.2) is 24.3 Å². The molecule has 1 unspecified atom stereocenters. The number of nitrogens with zero attached hydrogens (tertiary/aromatic N) is 1. The second-order valence-electron chi connectivity index (χ2n) is 8.55. The topological polar surface area (TPSA) is 63.4 Å². The number of rotatable bonds is 4. The van der Waals surface area contributed by atoms with Crippen molar-refractivity contribution < 1.29 is 9.59 Å². The molecule has 1 aromatic carbocycles. The van der Waals surface area contributed by atoms with Crippen LogP contribution in [0.4, 0.5) is 0 Å². The Morgan fingerprint density at radius 2 is 1.26 bits per heavy atom. The zero-order valence-corrected chi connectivity index (χ0v) is 17.2. The highest BCUT2D eigenvalue weighted by molar-refractivity contribution is 6.99. The van der Waals surface area contributed by atoms with Crippen LogP contribution in [0.1, 0.15) is 27.6 Å². The van der Waals surface area contributed by atoms with Gasteiger partial charge in [0.2, 0.25) is 0 Å². The smallest absolute Gasteiger partial charge is 0.261 e. The molecule has 6 heteroatoms. The molecular formula is C17H28N2O2Si2. The van der Waals surface area contributed by atoms with E-state index in [1.54, 1.807) is 17.0 Å². The molecule has 0 saturated heterocycles. The van der Waals surface area contributed by atoms with Crippen LogP contribution in [0.5, 0.6) is 0 Å². The monoisotopic (exact) mass is 348 g/mol. The summed E-state index contributed by atoms with van der Waals surface area (Å²) in [4.78, 5) is 27.3. The molecule has 2 N–H and O–H groups in total. The molecule has 0 spiro atoms. The molecule has 1 heterocycles. The lowest BCUT2D eigenvalue weighted by atomic mass is 10.1. The lowest BCUT2D eigenvalue weighted by Gasteiger charge is -2.58. The fourth-order valence-corrected chi connectivity index (χ4v) is 18.4. The molecule has 2 amide bonds. The van der Waals surface area contributed by atoms with Crippen molar-refractivity contribution in [3.05, 3.63) is 35.4 Å². The van der Waals surface area contributed by atoms with Crippen LogP contribution in [0.25, 0.3) is 0 Å². The molecule has 0 aliphatic carbocycles. The van der Waals surface area contributed by atoms with Crippen molar-refractivity contribution in [2.45, 2.75) is 57.0 Å². The van der Waals surface area contributed by atoms with Gasteiger partial charge in [-0.1, -0.05) is 51.4 Å². The first-order chi connectivity index (χ1) is 10.4. The average molecular weight is 349 g/mol. The van der Waals surface area contributed by atoms with Gasteiger partial charge < -0.3 is 5.73 Å². The van der Waals surface area contributed by atoms with E-state index in [1.807, 2.05) is 19.1 Å². The van der Waals surface area contributed by atoms with Gasteiger partial charge in [-0.2, -0.15) is 0 Å². The van der Waals surface area contributed by atoms with E-state index in [0.717, 1.165) is 0 Å². The molecule has 0 bridgehead atoms. The third kappa shape index (κ3) is 2.35. The number of carbonyl (C=O) groups excluding carboxylic acids is 2. The van der Waals surface area contributed by atoms with Crippen LogP contribution in [0.2, 0.25) is 39.3 Å². The standard InChI is InChI=1S/C17H28N2O2Si2/c1-12(18)17(22(2,3)4,23(5,6)7)19-15(20)13-10-8-9-11-14(13)16(19)21/h8-12H,18H2,1-7H3. The Labute approximate surface area is 141 Å². The second-order valence-corrected chi connectivity index (χ2v) is 19.6. The number of hydrogen-bond acceptors (Lipinski definition) is 3. The first-order valence-corrected chi connectivity index (χ1v) is 15.1. The van der Waals surface area contributed by atoms with Crippen LogP contribution in [0.3, 0.4) is 0 Å². The van der Waals surface area contributed by atoms with Crippen LogP contribution in [-0.4, -0.2) is 43.7 Å². The summed E-state index contributed by atoms with van der Waals surface area (Å²) in [5, 5.41) is 0. The third-order valence-electron chi connectivity index (χ3n) is 5.09. The van der Waals surface area contributed by atoms with Crippen molar-refractivity contribution in [1.82, 2.24) is 4.90 Å². The number of nitrogens with two attached hydrogens (primary N) is 1. The van der Waals surface area contributed by atoms with Gasteiger partial charge >= 0.3 is 0 Å². The third-order valence-corrected chi connectivity index (χ3v) is 15.5. The first kappa shape index (κ1) is 18.1. The van der Waals surface area contributed by atoms with Crippen molar-refractivity contribution >= 4 is 28.0 Å². The lowest BCUT2D eigenvalue weighted by Crippen LogP contribution is -2.82. The molecule has 126 valence electrons. The van der Waals surface area contributed by atoms with Crippen LogP contribution >= 0.6 is 0 Å². The maximum atomic E-state index is 13.1. The minimum atomic E-state index is -2.00. The van der Waals surface area contributed by atoms with Gasteiger partial charge in [-0.05, 0) is 19.1 Å². The SMILES string of the molecule is CC(N)C(N1C(=O)c2ccccc2C1=O)([Si](C)(C)C)[Si](C)(C)C. The maximum Gasteiger partial charge on any atom is 0.261 e. The molecule has 0 saturated carbocycles. The highest BCUT2D eigenvalue weighted by atomic mass is 28.4. The van der Waals surface area contributed by atoms with Crippen LogP contribution in [0, 0.1) is 0 Å². The Kier molecular flexibility index (Phi) is 4.24. The number of amides is 2. The van der Waals surface area contributed by atoms with Gasteiger partial charge in [-0.3, -0.25) is 14.5 Å². The molecule has 1 aliphatic heterocycles. The summed E-state index contributed by atoms with van der Waals surface area (Å²) >= 11 is 0. The molecule has 4 nitrogen and oxygen atoms in total. The predicted molar refractivity (Wildman–Crippen MR) is 100 cm³/mol. The van der Waals surface area contributed by atoms with E-state index in [4.69, 9.17) is 5.73 Å². The van der Waals surface area contributed by atoms with Crippen molar-refractivity contribution in [3.63, 3.8) is 0 Å². The molecular weight excluding hydrogens is 320 g/mol. The van der Waals surface area contributed by atoms with Crippen molar-refractivity contribution in [3.8, 4) is 0 Å². The van der Waals surface area contributed by atoms with Gasteiger partial charge in [0.25, 0.3) is 11.8 Å². The average Bonchev–Trinajstić information content (AvgIpc) is 2.62.